The zero-order chi connectivity index (χ0) is 16.7. The Morgan fingerprint density at radius 3 is 2.48 bits per heavy atom. The summed E-state index contributed by atoms with van der Waals surface area (Å²) in [6.45, 7) is 0.424. The summed E-state index contributed by atoms with van der Waals surface area (Å²) >= 11 is 0. The highest BCUT2D eigenvalue weighted by molar-refractivity contribution is 5.70. The fraction of sp³-hybridized carbons (Fsp3) is 0.278. The van der Waals surface area contributed by atoms with Crippen LogP contribution in [0.3, 0.4) is 0 Å². The molecule has 0 fully saturated rings. The van der Waals surface area contributed by atoms with Crippen LogP contribution in [0.2, 0.25) is 0 Å². The van der Waals surface area contributed by atoms with E-state index in [0.29, 0.717) is 18.1 Å². The molecule has 0 unspecified atom stereocenters. The fourth-order valence-corrected chi connectivity index (χ4v) is 2.15. The van der Waals surface area contributed by atoms with Gasteiger partial charge in [-0.25, -0.2) is 0 Å². The third-order valence-electron chi connectivity index (χ3n) is 3.47. The molecule has 5 nitrogen and oxygen atoms in total. The van der Waals surface area contributed by atoms with Gasteiger partial charge in [0.25, 0.3) is 0 Å². The highest BCUT2D eigenvalue weighted by Gasteiger charge is 2.15. The molecule has 0 aliphatic carbocycles. The van der Waals surface area contributed by atoms with Gasteiger partial charge in [0.1, 0.15) is 6.61 Å². The van der Waals surface area contributed by atoms with Crippen molar-refractivity contribution in [3.05, 3.63) is 59.7 Å². The lowest BCUT2D eigenvalue weighted by Crippen LogP contribution is -2.16. The zero-order valence-corrected chi connectivity index (χ0v) is 13.3. The van der Waals surface area contributed by atoms with Crippen LogP contribution in [0.5, 0.6) is 11.5 Å². The summed E-state index contributed by atoms with van der Waals surface area (Å²) in [5.41, 5.74) is 7.89. The van der Waals surface area contributed by atoms with Crippen LogP contribution < -0.4 is 15.2 Å². The molecule has 122 valence electrons. The average molecular weight is 315 g/mol. The second-order valence-corrected chi connectivity index (χ2v) is 5.07. The maximum Gasteiger partial charge on any atom is 0.307 e. The van der Waals surface area contributed by atoms with Crippen molar-refractivity contribution in [1.29, 1.82) is 0 Å². The van der Waals surface area contributed by atoms with E-state index in [1.165, 1.54) is 7.11 Å². The molecule has 0 bridgehead atoms. The summed E-state index contributed by atoms with van der Waals surface area (Å²) in [5.74, 6) is 0.865. The second kappa shape index (κ2) is 8.19. The Bertz CT molecular complexity index is 643. The Hall–Kier alpha value is -2.53. The molecular weight excluding hydrogens is 294 g/mol. The molecule has 1 atom stereocenters. The van der Waals surface area contributed by atoms with Gasteiger partial charge < -0.3 is 19.9 Å². The molecule has 2 N–H and O–H groups in total. The highest BCUT2D eigenvalue weighted by Crippen LogP contribution is 2.31. The van der Waals surface area contributed by atoms with Gasteiger partial charge in [-0.2, -0.15) is 0 Å². The van der Waals surface area contributed by atoms with E-state index >= 15 is 0 Å². The summed E-state index contributed by atoms with van der Waals surface area (Å²) in [6.07, 6.45) is 0.112. The number of hydrogen-bond acceptors (Lipinski definition) is 5. The van der Waals surface area contributed by atoms with Crippen molar-refractivity contribution in [3.63, 3.8) is 0 Å². The Kier molecular flexibility index (Phi) is 6.00. The molecule has 0 spiro atoms. The third-order valence-corrected chi connectivity index (χ3v) is 3.47. The highest BCUT2D eigenvalue weighted by atomic mass is 16.5. The predicted octanol–water partition coefficient (Wildman–Crippen LogP) is 2.84. The first-order valence-electron chi connectivity index (χ1n) is 7.31. The number of esters is 1. The van der Waals surface area contributed by atoms with Crippen molar-refractivity contribution < 1.29 is 19.0 Å². The fourth-order valence-electron chi connectivity index (χ4n) is 2.15. The average Bonchev–Trinajstić information content (AvgIpc) is 2.60. The largest absolute Gasteiger partial charge is 0.493 e. The van der Waals surface area contributed by atoms with Crippen molar-refractivity contribution in [2.45, 2.75) is 19.1 Å². The van der Waals surface area contributed by atoms with Gasteiger partial charge in [0.15, 0.2) is 11.5 Å². The SMILES string of the molecule is COC(=O)C[C@@H](N)c1ccc(OC)c(OCc2ccccc2)c1. The lowest BCUT2D eigenvalue weighted by atomic mass is 10.0. The van der Waals surface area contributed by atoms with Crippen LogP contribution in [0, 0.1) is 0 Å². The summed E-state index contributed by atoms with van der Waals surface area (Å²) < 4.78 is 15.8. The van der Waals surface area contributed by atoms with Crippen LogP contribution in [-0.4, -0.2) is 20.2 Å². The minimum absolute atomic E-state index is 0.112. The molecule has 0 saturated carbocycles. The number of ether oxygens (including phenoxy) is 3. The molecule has 0 aliphatic rings. The molecule has 0 radical (unpaired) electrons. The predicted molar refractivity (Wildman–Crippen MR) is 87.3 cm³/mol. The van der Waals surface area contributed by atoms with Gasteiger partial charge in [0.2, 0.25) is 0 Å². The zero-order valence-electron chi connectivity index (χ0n) is 13.3. The molecule has 0 heterocycles. The van der Waals surface area contributed by atoms with Crippen molar-refractivity contribution >= 4 is 5.97 Å². The van der Waals surface area contributed by atoms with Gasteiger partial charge >= 0.3 is 5.97 Å². The minimum atomic E-state index is -0.451. The Labute approximate surface area is 136 Å². The van der Waals surface area contributed by atoms with E-state index in [1.54, 1.807) is 19.2 Å². The van der Waals surface area contributed by atoms with Crippen LogP contribution in [0.25, 0.3) is 0 Å². The molecule has 23 heavy (non-hydrogen) atoms. The number of carbonyl (C=O) groups is 1. The van der Waals surface area contributed by atoms with Crippen molar-refractivity contribution in [3.8, 4) is 11.5 Å². The lowest BCUT2D eigenvalue weighted by molar-refractivity contribution is -0.141. The first-order valence-corrected chi connectivity index (χ1v) is 7.31. The number of hydrogen-bond donors (Lipinski definition) is 1. The van der Waals surface area contributed by atoms with Crippen LogP contribution in [-0.2, 0) is 16.1 Å². The molecule has 0 saturated heterocycles. The molecule has 0 aromatic heterocycles. The minimum Gasteiger partial charge on any atom is -0.493 e. The van der Waals surface area contributed by atoms with E-state index in [4.69, 9.17) is 15.2 Å². The van der Waals surface area contributed by atoms with E-state index in [9.17, 15) is 4.79 Å². The van der Waals surface area contributed by atoms with E-state index in [-0.39, 0.29) is 12.4 Å². The molecule has 0 aliphatic heterocycles. The van der Waals surface area contributed by atoms with Gasteiger partial charge in [-0.1, -0.05) is 36.4 Å². The van der Waals surface area contributed by atoms with Crippen molar-refractivity contribution in [1.82, 2.24) is 0 Å². The molecule has 2 aromatic carbocycles. The van der Waals surface area contributed by atoms with Crippen LogP contribution in [0.4, 0.5) is 0 Å². The molecular formula is C18H21NO4. The van der Waals surface area contributed by atoms with Gasteiger partial charge in [-0.05, 0) is 23.3 Å². The number of carbonyl (C=O) groups excluding carboxylic acids is 1. The van der Waals surface area contributed by atoms with E-state index in [0.717, 1.165) is 11.1 Å². The van der Waals surface area contributed by atoms with Crippen LogP contribution >= 0.6 is 0 Å². The molecule has 2 aromatic rings. The normalized spacial score (nSPS) is 11.6. The summed E-state index contributed by atoms with van der Waals surface area (Å²) in [4.78, 5) is 11.4. The van der Waals surface area contributed by atoms with E-state index in [1.807, 2.05) is 36.4 Å². The standard InChI is InChI=1S/C18H21NO4/c1-21-16-9-8-14(15(19)11-18(20)22-2)10-17(16)23-12-13-6-4-3-5-7-13/h3-10,15H,11-12,19H2,1-2H3/t15-/m1/s1. The summed E-state index contributed by atoms with van der Waals surface area (Å²) in [6, 6.07) is 14.8. The maximum absolute atomic E-state index is 11.4. The molecule has 0 amide bonds. The van der Waals surface area contributed by atoms with E-state index in [2.05, 4.69) is 4.74 Å². The topological polar surface area (TPSA) is 70.8 Å². The van der Waals surface area contributed by atoms with Gasteiger partial charge in [-0.3, -0.25) is 4.79 Å². The van der Waals surface area contributed by atoms with Gasteiger partial charge in [0, 0.05) is 6.04 Å². The molecule has 5 heteroatoms. The van der Waals surface area contributed by atoms with Crippen LogP contribution in [0.1, 0.15) is 23.6 Å². The van der Waals surface area contributed by atoms with Gasteiger partial charge in [0.05, 0.1) is 20.6 Å². The lowest BCUT2D eigenvalue weighted by Gasteiger charge is -2.15. The van der Waals surface area contributed by atoms with Gasteiger partial charge in [-0.15, -0.1) is 0 Å². The number of methoxy groups -OCH3 is 2. The quantitative estimate of drug-likeness (QED) is 0.796. The first kappa shape index (κ1) is 16.8. The van der Waals surface area contributed by atoms with Crippen molar-refractivity contribution in [2.24, 2.45) is 5.73 Å². The second-order valence-electron chi connectivity index (χ2n) is 5.07. The summed E-state index contributed by atoms with van der Waals surface area (Å²) in [5, 5.41) is 0. The monoisotopic (exact) mass is 315 g/mol. The van der Waals surface area contributed by atoms with E-state index < -0.39 is 6.04 Å². The third kappa shape index (κ3) is 4.72. The first-order chi connectivity index (χ1) is 11.1. The van der Waals surface area contributed by atoms with Crippen LogP contribution in [0.15, 0.2) is 48.5 Å². The number of rotatable bonds is 7. The Morgan fingerprint density at radius 2 is 1.83 bits per heavy atom. The number of nitrogens with two attached hydrogens (primary N) is 1. The summed E-state index contributed by atoms with van der Waals surface area (Å²) in [7, 11) is 2.93. The smallest absolute Gasteiger partial charge is 0.307 e. The maximum atomic E-state index is 11.4. The number of benzene rings is 2. The molecule has 2 rings (SSSR count). The Balaban J connectivity index is 2.13. The Morgan fingerprint density at radius 1 is 1.09 bits per heavy atom. The van der Waals surface area contributed by atoms with Crippen molar-refractivity contribution in [2.75, 3.05) is 14.2 Å².